The number of hydrogen-bond acceptors (Lipinski definition) is 2. The maximum absolute atomic E-state index is 12.5. The van der Waals surface area contributed by atoms with Crippen LogP contribution in [-0.2, 0) is 9.53 Å². The van der Waals surface area contributed by atoms with Crippen molar-refractivity contribution in [2.24, 2.45) is 22.7 Å². The molecule has 0 radical (unpaired) electrons. The summed E-state index contributed by atoms with van der Waals surface area (Å²) in [5.74, 6) is 1.52. The van der Waals surface area contributed by atoms with E-state index in [-0.39, 0.29) is 22.0 Å². The smallest absolute Gasteiger partial charge is 0.138 e. The molecule has 0 spiro atoms. The fraction of sp³-hybridized carbons (Fsp3) is 0.850. The van der Waals surface area contributed by atoms with Crippen molar-refractivity contribution in [2.75, 3.05) is 0 Å². The molecule has 0 amide bonds. The molecule has 3 rings (SSSR count). The second-order valence-corrected chi connectivity index (χ2v) is 9.26. The highest BCUT2D eigenvalue weighted by Crippen LogP contribution is 2.64. The quantitative estimate of drug-likeness (QED) is 0.643. The molecule has 0 N–H and O–H groups in total. The van der Waals surface area contributed by atoms with Gasteiger partial charge in [-0.1, -0.05) is 26.8 Å². The topological polar surface area (TPSA) is 26.3 Å². The van der Waals surface area contributed by atoms with Crippen molar-refractivity contribution in [3.8, 4) is 0 Å². The van der Waals surface area contributed by atoms with Gasteiger partial charge in [0.05, 0.1) is 11.2 Å². The molecule has 1 saturated heterocycles. The third-order valence-corrected chi connectivity index (χ3v) is 7.57. The normalized spacial score (nSPS) is 50.9. The summed E-state index contributed by atoms with van der Waals surface area (Å²) in [4.78, 5) is 12.5. The summed E-state index contributed by atoms with van der Waals surface area (Å²) in [6.07, 6.45) is 8.17. The van der Waals surface area contributed by atoms with Gasteiger partial charge in [-0.2, -0.15) is 0 Å². The number of carbonyl (C=O) groups excluding carboxylic acids is 1. The van der Waals surface area contributed by atoms with E-state index >= 15 is 0 Å². The summed E-state index contributed by atoms with van der Waals surface area (Å²) in [6.45, 7) is 15.3. The van der Waals surface area contributed by atoms with E-state index < -0.39 is 0 Å². The average molecular weight is 304 g/mol. The van der Waals surface area contributed by atoms with Gasteiger partial charge in [-0.25, -0.2) is 0 Å². The van der Waals surface area contributed by atoms with E-state index in [0.29, 0.717) is 17.6 Å². The molecule has 0 aromatic carbocycles. The Kier molecular flexibility index (Phi) is 3.46. The number of rotatable bonds is 1. The van der Waals surface area contributed by atoms with Crippen LogP contribution in [0.2, 0.25) is 0 Å². The number of hydrogen-bond donors (Lipinski definition) is 0. The van der Waals surface area contributed by atoms with Gasteiger partial charge in [0.2, 0.25) is 0 Å². The van der Waals surface area contributed by atoms with E-state index in [4.69, 9.17) is 4.74 Å². The molecular weight excluding hydrogens is 272 g/mol. The average Bonchev–Trinajstić information content (AvgIpc) is 2.42. The Morgan fingerprint density at radius 2 is 1.68 bits per heavy atom. The number of ketones is 1. The monoisotopic (exact) mass is 304 g/mol. The minimum Gasteiger partial charge on any atom is -0.365 e. The minimum absolute atomic E-state index is 0.0666. The summed E-state index contributed by atoms with van der Waals surface area (Å²) < 4.78 is 6.62. The van der Waals surface area contributed by atoms with Crippen LogP contribution < -0.4 is 0 Å². The van der Waals surface area contributed by atoms with E-state index in [1.807, 2.05) is 6.08 Å². The van der Waals surface area contributed by atoms with Crippen LogP contribution in [0.3, 0.4) is 0 Å². The van der Waals surface area contributed by atoms with Crippen LogP contribution in [0.1, 0.15) is 73.1 Å². The Morgan fingerprint density at radius 3 is 2.32 bits per heavy atom. The summed E-state index contributed by atoms with van der Waals surface area (Å²) in [6, 6.07) is 0. The molecule has 3 aliphatic rings. The predicted molar refractivity (Wildman–Crippen MR) is 89.7 cm³/mol. The van der Waals surface area contributed by atoms with Gasteiger partial charge in [-0.05, 0) is 63.2 Å². The van der Waals surface area contributed by atoms with Crippen molar-refractivity contribution in [1.82, 2.24) is 0 Å². The standard InChI is InChI=1S/C20H32O2/c1-7-18(4)11-8-15-19(5)12-10-16(21)17(2,3)14(19)9-13-20(15,6)22-18/h7,14-15H,1,8-13H2,2-6H3/t14-,15+,18+,19-,20+/m1/s1. The summed E-state index contributed by atoms with van der Waals surface area (Å²) in [5, 5.41) is 0. The van der Waals surface area contributed by atoms with Crippen LogP contribution >= 0.6 is 0 Å². The van der Waals surface area contributed by atoms with Crippen molar-refractivity contribution >= 4 is 5.78 Å². The number of Topliss-reactive ketones (excluding diaryl/α,β-unsaturated/α-hetero) is 1. The molecule has 0 bridgehead atoms. The lowest BCUT2D eigenvalue weighted by Crippen LogP contribution is -2.63. The minimum atomic E-state index is -0.186. The molecule has 1 heterocycles. The Hall–Kier alpha value is -0.630. The molecule has 2 saturated carbocycles. The molecule has 124 valence electrons. The molecule has 22 heavy (non-hydrogen) atoms. The Labute approximate surface area is 135 Å². The van der Waals surface area contributed by atoms with Gasteiger partial charge in [0.25, 0.3) is 0 Å². The number of carbonyl (C=O) groups is 1. The molecule has 1 aliphatic heterocycles. The highest BCUT2D eigenvalue weighted by atomic mass is 16.5. The SMILES string of the molecule is C=C[C@@]1(C)CC[C@H]2[C@]3(C)CCC(=O)C(C)(C)[C@H]3CC[C@]2(C)O1. The van der Waals surface area contributed by atoms with Crippen LogP contribution in [-0.4, -0.2) is 17.0 Å². The highest BCUT2D eigenvalue weighted by molar-refractivity contribution is 5.85. The molecule has 5 atom stereocenters. The van der Waals surface area contributed by atoms with E-state index in [1.165, 1.54) is 6.42 Å². The van der Waals surface area contributed by atoms with Crippen molar-refractivity contribution < 1.29 is 9.53 Å². The van der Waals surface area contributed by atoms with Crippen molar-refractivity contribution in [1.29, 1.82) is 0 Å². The molecule has 2 aliphatic carbocycles. The first kappa shape index (κ1) is 16.2. The molecule has 2 heteroatoms. The molecule has 0 aromatic heterocycles. The van der Waals surface area contributed by atoms with Crippen LogP contribution in [0.5, 0.6) is 0 Å². The summed E-state index contributed by atoms with van der Waals surface area (Å²) in [5.41, 5.74) is -0.197. The van der Waals surface area contributed by atoms with Gasteiger partial charge in [0.15, 0.2) is 0 Å². The second-order valence-electron chi connectivity index (χ2n) is 9.26. The van der Waals surface area contributed by atoms with E-state index in [9.17, 15) is 4.79 Å². The van der Waals surface area contributed by atoms with E-state index in [1.54, 1.807) is 0 Å². The fourth-order valence-electron chi connectivity index (χ4n) is 6.22. The van der Waals surface area contributed by atoms with Crippen molar-refractivity contribution in [2.45, 2.75) is 84.3 Å². The van der Waals surface area contributed by atoms with Crippen LogP contribution in [0.4, 0.5) is 0 Å². The Balaban J connectivity index is 1.97. The maximum Gasteiger partial charge on any atom is 0.138 e. The fourth-order valence-corrected chi connectivity index (χ4v) is 6.22. The molecular formula is C20H32O2. The van der Waals surface area contributed by atoms with Gasteiger partial charge in [0, 0.05) is 11.8 Å². The maximum atomic E-state index is 12.5. The second kappa shape index (κ2) is 4.69. The number of fused-ring (bicyclic) bond motifs is 3. The van der Waals surface area contributed by atoms with Crippen molar-refractivity contribution in [3.05, 3.63) is 12.7 Å². The lowest BCUT2D eigenvalue weighted by Gasteiger charge is -2.64. The van der Waals surface area contributed by atoms with Gasteiger partial charge in [-0.3, -0.25) is 4.79 Å². The zero-order valence-corrected chi connectivity index (χ0v) is 15.0. The zero-order chi connectivity index (χ0) is 16.4. The first-order chi connectivity index (χ1) is 10.1. The van der Waals surface area contributed by atoms with E-state index in [2.05, 4.69) is 41.2 Å². The predicted octanol–water partition coefficient (Wildman–Crippen LogP) is 4.92. The van der Waals surface area contributed by atoms with Crippen LogP contribution in [0.15, 0.2) is 12.7 Å². The lowest BCUT2D eigenvalue weighted by atomic mass is 9.44. The third kappa shape index (κ3) is 2.06. The zero-order valence-electron chi connectivity index (χ0n) is 15.0. The highest BCUT2D eigenvalue weighted by Gasteiger charge is 2.62. The Bertz CT molecular complexity index is 508. The summed E-state index contributed by atoms with van der Waals surface area (Å²) >= 11 is 0. The first-order valence-electron chi connectivity index (χ1n) is 8.94. The van der Waals surface area contributed by atoms with Crippen molar-refractivity contribution in [3.63, 3.8) is 0 Å². The third-order valence-electron chi connectivity index (χ3n) is 7.57. The largest absolute Gasteiger partial charge is 0.365 e. The van der Waals surface area contributed by atoms with Gasteiger partial charge < -0.3 is 4.74 Å². The van der Waals surface area contributed by atoms with Crippen LogP contribution in [0.25, 0.3) is 0 Å². The first-order valence-corrected chi connectivity index (χ1v) is 8.94. The lowest BCUT2D eigenvalue weighted by molar-refractivity contribution is -0.250. The van der Waals surface area contributed by atoms with Gasteiger partial charge in [0.1, 0.15) is 5.78 Å². The molecule has 3 fully saturated rings. The summed E-state index contributed by atoms with van der Waals surface area (Å²) in [7, 11) is 0. The Morgan fingerprint density at radius 1 is 1.05 bits per heavy atom. The molecule has 0 aromatic rings. The molecule has 0 unspecified atom stereocenters. The van der Waals surface area contributed by atoms with Gasteiger partial charge >= 0.3 is 0 Å². The van der Waals surface area contributed by atoms with Crippen LogP contribution in [0, 0.1) is 22.7 Å². The van der Waals surface area contributed by atoms with E-state index in [0.717, 1.165) is 32.1 Å². The number of ether oxygens (including phenoxy) is 1. The molecule has 2 nitrogen and oxygen atoms in total. The van der Waals surface area contributed by atoms with Gasteiger partial charge in [-0.15, -0.1) is 6.58 Å².